The molecule has 4 rings (SSSR count). The van der Waals surface area contributed by atoms with Crippen LogP contribution in [0.3, 0.4) is 0 Å². The normalized spacial score (nSPS) is 22.5. The van der Waals surface area contributed by atoms with Crippen LogP contribution in [0.25, 0.3) is 0 Å². The molecule has 2 aliphatic heterocycles. The second-order valence-corrected chi connectivity index (χ2v) is 7.90. The molecule has 1 atom stereocenters. The Hall–Kier alpha value is -2.09. The molecule has 2 aromatic rings. The molecule has 0 radical (unpaired) electrons. The van der Waals surface area contributed by atoms with Crippen molar-refractivity contribution in [3.63, 3.8) is 0 Å². The lowest BCUT2D eigenvalue weighted by Crippen LogP contribution is -2.53. The molecule has 7 nitrogen and oxygen atoms in total. The van der Waals surface area contributed by atoms with E-state index in [4.69, 9.17) is 21.1 Å². The Bertz CT molecular complexity index is 802. The van der Waals surface area contributed by atoms with E-state index in [0.717, 1.165) is 50.3 Å². The van der Waals surface area contributed by atoms with E-state index in [0.29, 0.717) is 18.2 Å². The molecule has 0 saturated carbocycles. The lowest BCUT2D eigenvalue weighted by atomic mass is 10.0. The third kappa shape index (κ3) is 4.66. The molecule has 1 unspecified atom stereocenters. The van der Waals surface area contributed by atoms with Crippen LogP contribution in [-0.2, 0) is 22.6 Å². The molecule has 2 aliphatic rings. The van der Waals surface area contributed by atoms with Gasteiger partial charge in [-0.05, 0) is 31.0 Å². The molecule has 1 N–H and O–H groups in total. The average Bonchev–Trinajstić information content (AvgIpc) is 3.34. The minimum absolute atomic E-state index is 0.0368. The van der Waals surface area contributed by atoms with Crippen molar-refractivity contribution >= 4 is 17.5 Å². The van der Waals surface area contributed by atoms with Gasteiger partial charge in [-0.3, -0.25) is 9.69 Å². The van der Waals surface area contributed by atoms with E-state index in [1.54, 1.807) is 6.20 Å². The zero-order chi connectivity index (χ0) is 19.4. The Kier molecular flexibility index (Phi) is 5.85. The number of aromatic nitrogens is 2. The minimum Gasteiger partial charge on any atom is -0.493 e. The van der Waals surface area contributed by atoms with Gasteiger partial charge in [-0.2, -0.15) is 0 Å². The number of hydrogen-bond donors (Lipinski definition) is 1. The second-order valence-electron chi connectivity index (χ2n) is 7.46. The number of carbonyl (C=O) groups is 1. The highest BCUT2D eigenvalue weighted by Crippen LogP contribution is 2.31. The topological polar surface area (TPSA) is 68.6 Å². The van der Waals surface area contributed by atoms with E-state index in [9.17, 15) is 4.79 Å². The smallest absolute Gasteiger partial charge is 0.246 e. The Morgan fingerprint density at radius 2 is 2.32 bits per heavy atom. The summed E-state index contributed by atoms with van der Waals surface area (Å²) < 4.78 is 13.9. The average molecular weight is 405 g/mol. The maximum absolute atomic E-state index is 11.4. The first-order valence-electron chi connectivity index (χ1n) is 9.62. The molecule has 0 bridgehead atoms. The number of amides is 1. The standard InChI is InChI=1S/C20H25ClN4O3/c21-17-2-3-18(27-9-1-6-24-8-5-22-15-24)16(10-17)11-25-7-4-20(14-25)13-23-19(26)12-28-20/h2-3,5,8,10,15H,1,4,6-7,9,11-14H2,(H,23,26). The van der Waals surface area contributed by atoms with E-state index in [2.05, 4.69) is 15.2 Å². The Morgan fingerprint density at radius 3 is 3.11 bits per heavy atom. The van der Waals surface area contributed by atoms with Crippen LogP contribution in [0.15, 0.2) is 36.9 Å². The molecule has 150 valence electrons. The summed E-state index contributed by atoms with van der Waals surface area (Å²) in [6, 6.07) is 5.78. The maximum Gasteiger partial charge on any atom is 0.246 e. The van der Waals surface area contributed by atoms with Crippen molar-refractivity contribution in [1.82, 2.24) is 19.8 Å². The fourth-order valence-corrected chi connectivity index (χ4v) is 4.00. The number of hydrogen-bond acceptors (Lipinski definition) is 5. The summed E-state index contributed by atoms with van der Waals surface area (Å²) in [6.07, 6.45) is 7.36. The van der Waals surface area contributed by atoms with E-state index in [1.807, 2.05) is 35.3 Å². The molecule has 1 aromatic carbocycles. The van der Waals surface area contributed by atoms with Crippen LogP contribution in [0.5, 0.6) is 5.75 Å². The summed E-state index contributed by atoms with van der Waals surface area (Å²) in [5, 5.41) is 3.63. The van der Waals surface area contributed by atoms with Crippen LogP contribution in [0.4, 0.5) is 0 Å². The highest BCUT2D eigenvalue weighted by atomic mass is 35.5. The van der Waals surface area contributed by atoms with Gasteiger partial charge in [-0.25, -0.2) is 4.98 Å². The second kappa shape index (κ2) is 8.51. The summed E-state index contributed by atoms with van der Waals surface area (Å²) >= 11 is 6.23. The zero-order valence-corrected chi connectivity index (χ0v) is 16.5. The predicted molar refractivity (Wildman–Crippen MR) is 105 cm³/mol. The van der Waals surface area contributed by atoms with Gasteiger partial charge in [0.15, 0.2) is 0 Å². The van der Waals surface area contributed by atoms with Gasteiger partial charge >= 0.3 is 0 Å². The zero-order valence-electron chi connectivity index (χ0n) is 15.8. The summed E-state index contributed by atoms with van der Waals surface area (Å²) in [5.74, 6) is 0.833. The van der Waals surface area contributed by atoms with Gasteiger partial charge in [0.2, 0.25) is 5.91 Å². The fourth-order valence-electron chi connectivity index (χ4n) is 3.81. The maximum atomic E-state index is 11.4. The van der Waals surface area contributed by atoms with Crippen LogP contribution in [0, 0.1) is 0 Å². The van der Waals surface area contributed by atoms with Crippen LogP contribution in [0.2, 0.25) is 5.02 Å². The first-order chi connectivity index (χ1) is 13.6. The van der Waals surface area contributed by atoms with Crippen molar-refractivity contribution in [2.45, 2.75) is 31.5 Å². The predicted octanol–water partition coefficient (Wildman–Crippen LogP) is 2.10. The van der Waals surface area contributed by atoms with Gasteiger partial charge in [0.05, 0.1) is 18.5 Å². The number of nitrogens with one attached hydrogen (secondary N) is 1. The number of rotatable bonds is 7. The molecule has 2 fully saturated rings. The minimum atomic E-state index is -0.266. The van der Waals surface area contributed by atoms with Crippen molar-refractivity contribution in [1.29, 1.82) is 0 Å². The van der Waals surface area contributed by atoms with Crippen LogP contribution in [0.1, 0.15) is 18.4 Å². The Morgan fingerprint density at radius 1 is 1.39 bits per heavy atom. The van der Waals surface area contributed by atoms with Crippen molar-refractivity contribution in [3.05, 3.63) is 47.5 Å². The number of nitrogens with zero attached hydrogens (tertiary/aromatic N) is 3. The van der Waals surface area contributed by atoms with Crippen molar-refractivity contribution < 1.29 is 14.3 Å². The number of ether oxygens (including phenoxy) is 2. The van der Waals surface area contributed by atoms with Crippen LogP contribution in [-0.4, -0.2) is 58.8 Å². The molecular formula is C20H25ClN4O3. The third-order valence-corrected chi connectivity index (χ3v) is 5.54. The molecule has 0 aliphatic carbocycles. The third-order valence-electron chi connectivity index (χ3n) is 5.31. The van der Waals surface area contributed by atoms with E-state index >= 15 is 0 Å². The lowest BCUT2D eigenvalue weighted by Gasteiger charge is -2.33. The van der Waals surface area contributed by atoms with Crippen molar-refractivity contribution in [2.75, 3.05) is 32.8 Å². The molecule has 3 heterocycles. The SMILES string of the molecule is O=C1COC2(CCN(Cc3cc(Cl)ccc3OCCCn3ccnc3)C2)CN1. The number of likely N-dealkylation sites (tertiary alicyclic amines) is 1. The highest BCUT2D eigenvalue weighted by Gasteiger charge is 2.42. The summed E-state index contributed by atoms with van der Waals surface area (Å²) in [6.45, 7) is 4.69. The number of imidazole rings is 1. The van der Waals surface area contributed by atoms with E-state index < -0.39 is 0 Å². The Labute approximate surface area is 169 Å². The molecular weight excluding hydrogens is 380 g/mol. The largest absolute Gasteiger partial charge is 0.493 e. The van der Waals surface area contributed by atoms with Gasteiger partial charge in [-0.1, -0.05) is 11.6 Å². The molecule has 1 spiro atoms. The first kappa shape index (κ1) is 19.2. The van der Waals surface area contributed by atoms with Gasteiger partial charge in [0.25, 0.3) is 0 Å². The fraction of sp³-hybridized carbons (Fsp3) is 0.500. The number of carbonyl (C=O) groups excluding carboxylic acids is 1. The number of halogens is 1. The Balaban J connectivity index is 1.33. The van der Waals surface area contributed by atoms with E-state index in [-0.39, 0.29) is 18.1 Å². The van der Waals surface area contributed by atoms with Gasteiger partial charge in [-0.15, -0.1) is 0 Å². The summed E-state index contributed by atoms with van der Waals surface area (Å²) in [7, 11) is 0. The van der Waals surface area contributed by atoms with Crippen molar-refractivity contribution in [2.24, 2.45) is 0 Å². The quantitative estimate of drug-likeness (QED) is 0.716. The highest BCUT2D eigenvalue weighted by molar-refractivity contribution is 6.30. The molecule has 1 aromatic heterocycles. The van der Waals surface area contributed by atoms with Gasteiger partial charge in [0, 0.05) is 55.7 Å². The van der Waals surface area contributed by atoms with Crippen LogP contribution >= 0.6 is 11.6 Å². The van der Waals surface area contributed by atoms with Gasteiger partial charge < -0.3 is 19.4 Å². The summed E-state index contributed by atoms with van der Waals surface area (Å²) in [4.78, 5) is 17.8. The molecule has 1 amide bonds. The molecule has 8 heteroatoms. The van der Waals surface area contributed by atoms with E-state index in [1.165, 1.54) is 0 Å². The monoisotopic (exact) mass is 404 g/mol. The van der Waals surface area contributed by atoms with Crippen molar-refractivity contribution in [3.8, 4) is 5.75 Å². The number of morpholine rings is 1. The lowest BCUT2D eigenvalue weighted by molar-refractivity contribution is -0.142. The molecule has 28 heavy (non-hydrogen) atoms. The molecule has 2 saturated heterocycles. The van der Waals surface area contributed by atoms with Gasteiger partial charge in [0.1, 0.15) is 12.4 Å². The number of benzene rings is 1. The summed E-state index contributed by atoms with van der Waals surface area (Å²) in [5.41, 5.74) is 0.810. The first-order valence-corrected chi connectivity index (χ1v) is 10.00. The van der Waals surface area contributed by atoms with Crippen LogP contribution < -0.4 is 10.1 Å². The number of aryl methyl sites for hydroxylation is 1.